The maximum absolute atomic E-state index is 13.8. The van der Waals surface area contributed by atoms with Crippen molar-refractivity contribution in [1.82, 2.24) is 19.0 Å². The summed E-state index contributed by atoms with van der Waals surface area (Å²) in [6.45, 7) is 3.16. The second kappa shape index (κ2) is 12.1. The zero-order chi connectivity index (χ0) is 31.1. The third-order valence-electron chi connectivity index (χ3n) is 9.33. The SMILES string of the molecule is Cn1cc(-c2cccc(N3CCn4c(cc5c4CCCC5)C3=O)c2CO)cc(Cc2ccc(C(=O)N3CCOCC3)cn2)c1=O. The number of fused-ring (bicyclic) bond motifs is 3. The molecule has 3 aromatic heterocycles. The first-order valence-electron chi connectivity index (χ1n) is 15.7. The van der Waals surface area contributed by atoms with Gasteiger partial charge in [0.15, 0.2) is 0 Å². The number of benzene rings is 1. The van der Waals surface area contributed by atoms with Gasteiger partial charge in [0.05, 0.1) is 31.1 Å². The molecule has 0 saturated carbocycles. The first kappa shape index (κ1) is 29.2. The van der Waals surface area contributed by atoms with Crippen molar-refractivity contribution in [2.75, 3.05) is 37.7 Å². The average Bonchev–Trinajstić information content (AvgIpc) is 3.47. The molecule has 1 N–H and O–H groups in total. The number of nitrogens with zero attached hydrogens (tertiary/aromatic N) is 5. The Morgan fingerprint density at radius 1 is 1.00 bits per heavy atom. The van der Waals surface area contributed by atoms with Crippen LogP contribution in [-0.2, 0) is 44.2 Å². The van der Waals surface area contributed by atoms with Crippen LogP contribution >= 0.6 is 0 Å². The second-order valence-corrected chi connectivity index (χ2v) is 12.1. The number of morpholine rings is 1. The first-order valence-corrected chi connectivity index (χ1v) is 15.7. The van der Waals surface area contributed by atoms with Crippen molar-refractivity contribution in [2.24, 2.45) is 7.05 Å². The minimum Gasteiger partial charge on any atom is -0.392 e. The van der Waals surface area contributed by atoms with Crippen LogP contribution in [0.4, 0.5) is 5.69 Å². The van der Waals surface area contributed by atoms with Crippen LogP contribution in [0.5, 0.6) is 0 Å². The number of pyridine rings is 2. The number of carbonyl (C=O) groups excluding carboxylic acids is 2. The maximum Gasteiger partial charge on any atom is 0.274 e. The van der Waals surface area contributed by atoms with E-state index < -0.39 is 0 Å². The molecule has 3 aliphatic rings. The number of ether oxygens (including phenoxy) is 1. The minimum atomic E-state index is -0.259. The second-order valence-electron chi connectivity index (χ2n) is 12.1. The smallest absolute Gasteiger partial charge is 0.274 e. The molecule has 0 atom stereocenters. The number of carbonyl (C=O) groups is 2. The number of amides is 2. The predicted octanol–water partition coefficient (Wildman–Crippen LogP) is 3.34. The summed E-state index contributed by atoms with van der Waals surface area (Å²) in [7, 11) is 1.71. The lowest BCUT2D eigenvalue weighted by molar-refractivity contribution is 0.0302. The fourth-order valence-corrected chi connectivity index (χ4v) is 6.99. The maximum atomic E-state index is 13.8. The Hall–Kier alpha value is -4.54. The molecular formula is C35H37N5O5. The Morgan fingerprint density at radius 3 is 2.60 bits per heavy atom. The van der Waals surface area contributed by atoms with Gasteiger partial charge in [0.25, 0.3) is 17.4 Å². The van der Waals surface area contributed by atoms with Gasteiger partial charge in [-0.05, 0) is 72.7 Å². The minimum absolute atomic E-state index is 0.0507. The Kier molecular flexibility index (Phi) is 7.85. The molecule has 2 amide bonds. The number of aliphatic hydroxyl groups excluding tert-OH is 1. The molecule has 1 aliphatic carbocycles. The summed E-state index contributed by atoms with van der Waals surface area (Å²) < 4.78 is 9.07. The summed E-state index contributed by atoms with van der Waals surface area (Å²) in [5.74, 6) is -0.128. The average molecular weight is 608 g/mol. The van der Waals surface area contributed by atoms with Gasteiger partial charge in [-0.1, -0.05) is 12.1 Å². The van der Waals surface area contributed by atoms with E-state index >= 15 is 0 Å². The molecule has 0 bridgehead atoms. The zero-order valence-electron chi connectivity index (χ0n) is 25.5. The topological polar surface area (TPSA) is 110 Å². The molecule has 5 heterocycles. The number of hydrogen-bond donors (Lipinski definition) is 1. The molecular weight excluding hydrogens is 570 g/mol. The van der Waals surface area contributed by atoms with Gasteiger partial charge in [0.1, 0.15) is 5.69 Å². The van der Waals surface area contributed by atoms with Crippen LogP contribution in [0.1, 0.15) is 61.8 Å². The van der Waals surface area contributed by atoms with E-state index in [1.165, 1.54) is 15.8 Å². The molecule has 1 saturated heterocycles. The molecule has 0 unspecified atom stereocenters. The highest BCUT2D eigenvalue weighted by Gasteiger charge is 2.31. The standard InChI is InChI=1S/C35H37N5O5/c1-37-21-26(17-25(33(37)42)18-27-10-9-24(20-36-27)34(43)38-13-15-45-16-14-38)28-6-4-8-31(29(28)22-41)40-12-11-39-30-7-3-2-5-23(30)19-32(39)35(40)44/h4,6,8-10,17,19-21,41H,2-3,5,7,11-16,18,22H2,1H3. The van der Waals surface area contributed by atoms with Crippen molar-refractivity contribution in [3.05, 3.63) is 105 Å². The van der Waals surface area contributed by atoms with Gasteiger partial charge in [-0.25, -0.2) is 0 Å². The van der Waals surface area contributed by atoms with E-state index in [0.29, 0.717) is 60.9 Å². The van der Waals surface area contributed by atoms with Crippen molar-refractivity contribution < 1.29 is 19.4 Å². The molecule has 232 valence electrons. The number of aromatic nitrogens is 3. The van der Waals surface area contributed by atoms with Crippen LogP contribution < -0.4 is 10.5 Å². The Labute approximate surface area is 261 Å². The Bertz CT molecular complexity index is 1830. The lowest BCUT2D eigenvalue weighted by Crippen LogP contribution is -2.41. The van der Waals surface area contributed by atoms with Gasteiger partial charge >= 0.3 is 0 Å². The summed E-state index contributed by atoms with van der Waals surface area (Å²) in [6, 6.07) is 13.1. The molecule has 45 heavy (non-hydrogen) atoms. The highest BCUT2D eigenvalue weighted by molar-refractivity contribution is 6.07. The quantitative estimate of drug-likeness (QED) is 0.360. The van der Waals surface area contributed by atoms with Crippen LogP contribution in [-0.4, -0.2) is 68.8 Å². The first-order chi connectivity index (χ1) is 21.9. The summed E-state index contributed by atoms with van der Waals surface area (Å²) in [5, 5.41) is 10.6. The van der Waals surface area contributed by atoms with Crippen molar-refractivity contribution in [1.29, 1.82) is 0 Å². The van der Waals surface area contributed by atoms with Crippen LogP contribution in [0.15, 0.2) is 59.7 Å². The van der Waals surface area contributed by atoms with E-state index in [9.17, 15) is 19.5 Å². The molecule has 10 heteroatoms. The third-order valence-corrected chi connectivity index (χ3v) is 9.33. The zero-order valence-corrected chi connectivity index (χ0v) is 25.5. The van der Waals surface area contributed by atoms with E-state index in [-0.39, 0.29) is 30.4 Å². The molecule has 1 aromatic carbocycles. The van der Waals surface area contributed by atoms with Crippen LogP contribution in [0.2, 0.25) is 0 Å². The number of rotatable bonds is 6. The molecule has 7 rings (SSSR count). The van der Waals surface area contributed by atoms with Crippen molar-refractivity contribution in [2.45, 2.75) is 45.3 Å². The molecule has 1 fully saturated rings. The Morgan fingerprint density at radius 2 is 1.82 bits per heavy atom. The lowest BCUT2D eigenvalue weighted by atomic mass is 9.96. The third kappa shape index (κ3) is 5.38. The highest BCUT2D eigenvalue weighted by Crippen LogP contribution is 2.35. The fourth-order valence-electron chi connectivity index (χ4n) is 6.99. The monoisotopic (exact) mass is 607 g/mol. The summed E-state index contributed by atoms with van der Waals surface area (Å²) in [4.78, 5) is 47.9. The lowest BCUT2D eigenvalue weighted by Gasteiger charge is -2.31. The van der Waals surface area contributed by atoms with E-state index in [1.54, 1.807) is 41.4 Å². The van der Waals surface area contributed by atoms with Gasteiger partial charge in [0, 0.05) is 74.6 Å². The van der Waals surface area contributed by atoms with Gasteiger partial charge < -0.3 is 28.8 Å². The van der Waals surface area contributed by atoms with Crippen molar-refractivity contribution >= 4 is 17.5 Å². The number of aryl methyl sites for hydroxylation is 2. The van der Waals surface area contributed by atoms with Gasteiger partial charge in [-0.2, -0.15) is 0 Å². The van der Waals surface area contributed by atoms with Crippen LogP contribution in [0.3, 0.4) is 0 Å². The van der Waals surface area contributed by atoms with E-state index in [4.69, 9.17) is 4.74 Å². The van der Waals surface area contributed by atoms with Gasteiger partial charge in [0.2, 0.25) is 0 Å². The predicted molar refractivity (Wildman–Crippen MR) is 170 cm³/mol. The van der Waals surface area contributed by atoms with E-state index in [0.717, 1.165) is 49.0 Å². The van der Waals surface area contributed by atoms with Crippen LogP contribution in [0.25, 0.3) is 11.1 Å². The molecule has 2 aliphatic heterocycles. The van der Waals surface area contributed by atoms with Crippen LogP contribution in [0, 0.1) is 0 Å². The van der Waals surface area contributed by atoms with Gasteiger partial charge in [-0.3, -0.25) is 19.4 Å². The molecule has 0 radical (unpaired) electrons. The summed E-state index contributed by atoms with van der Waals surface area (Å²) in [6.07, 6.45) is 7.96. The normalized spacial score (nSPS) is 16.4. The fraction of sp³-hybridized carbons (Fsp3) is 0.371. The summed E-state index contributed by atoms with van der Waals surface area (Å²) >= 11 is 0. The van der Waals surface area contributed by atoms with Gasteiger partial charge in [-0.15, -0.1) is 0 Å². The Balaban J connectivity index is 1.17. The number of aliphatic hydroxyl groups is 1. The number of anilines is 1. The van der Waals surface area contributed by atoms with Crippen molar-refractivity contribution in [3.63, 3.8) is 0 Å². The van der Waals surface area contributed by atoms with E-state index in [2.05, 4.69) is 15.6 Å². The van der Waals surface area contributed by atoms with E-state index in [1.807, 2.05) is 24.3 Å². The highest BCUT2D eigenvalue weighted by atomic mass is 16.5. The largest absolute Gasteiger partial charge is 0.392 e. The summed E-state index contributed by atoms with van der Waals surface area (Å²) in [5.41, 5.74) is 7.73. The number of hydrogen-bond acceptors (Lipinski definition) is 6. The molecule has 4 aromatic rings. The molecule has 0 spiro atoms. The molecule has 10 nitrogen and oxygen atoms in total. The van der Waals surface area contributed by atoms with Crippen molar-refractivity contribution in [3.8, 4) is 11.1 Å².